The van der Waals surface area contributed by atoms with Crippen molar-refractivity contribution in [2.24, 2.45) is 0 Å². The molecular weight excluding hydrogens is 874 g/mol. The molecule has 1 amide bonds. The second-order valence-electron chi connectivity index (χ2n) is 18.5. The van der Waals surface area contributed by atoms with Crippen LogP contribution in [0.2, 0.25) is 0 Å². The standard InChI is InChI=1S/C53H96NO12P/c1-3-5-7-9-11-13-15-17-19-21-23-24-26-28-30-32-34-36-38-40-44(55)42-47(57)54-45(43-65-67(63,64)66-53-51(61)49(59)48(58)50(60)52(53)62)46(56)41-39-37-35-33-31-29-27-25-22-20-18-16-14-12-10-8-6-4-2/h5,7,11,13,22,25,31,33,39,41,44-46,48-53,55-56,58-62H,3-4,6,8-10,12,14-21,23-24,26-30,32,34-38,40,42-43H2,1-2H3,(H,54,57)(H,63,64)/b7-5-,13-11-,25-22+,33-31+,41-39+. The van der Waals surface area contributed by atoms with Gasteiger partial charge in [0.1, 0.15) is 36.6 Å². The Bertz CT molecular complexity index is 1380. The Balaban J connectivity index is 2.50. The molecule has 0 aliphatic heterocycles. The topological polar surface area (TPSA) is 226 Å². The molecule has 8 atom stereocenters. The third kappa shape index (κ3) is 33.3. The average molecular weight is 970 g/mol. The zero-order valence-electron chi connectivity index (χ0n) is 41.5. The lowest BCUT2D eigenvalue weighted by Gasteiger charge is -2.41. The Hall–Kier alpha value is -2.00. The van der Waals surface area contributed by atoms with Crippen molar-refractivity contribution in [3.05, 3.63) is 60.8 Å². The van der Waals surface area contributed by atoms with E-state index in [4.69, 9.17) is 9.05 Å². The maximum atomic E-state index is 13.1. The first-order valence-corrected chi connectivity index (χ1v) is 27.8. The van der Waals surface area contributed by atoms with Crippen LogP contribution in [0.1, 0.15) is 206 Å². The van der Waals surface area contributed by atoms with Crippen LogP contribution in [0.4, 0.5) is 0 Å². The van der Waals surface area contributed by atoms with Gasteiger partial charge in [0, 0.05) is 0 Å². The second kappa shape index (κ2) is 41.8. The van der Waals surface area contributed by atoms with Gasteiger partial charge in [-0.05, 0) is 70.6 Å². The van der Waals surface area contributed by atoms with Crippen molar-refractivity contribution in [1.29, 1.82) is 0 Å². The highest BCUT2D eigenvalue weighted by Crippen LogP contribution is 2.47. The Morgan fingerprint density at radius 2 is 0.970 bits per heavy atom. The third-order valence-electron chi connectivity index (χ3n) is 12.3. The zero-order valence-corrected chi connectivity index (χ0v) is 42.4. The number of phosphoric ester groups is 1. The summed E-state index contributed by atoms with van der Waals surface area (Å²) in [5.74, 6) is -0.609. The fourth-order valence-electron chi connectivity index (χ4n) is 8.08. The fourth-order valence-corrected chi connectivity index (χ4v) is 9.04. The predicted octanol–water partition coefficient (Wildman–Crippen LogP) is 10.0. The van der Waals surface area contributed by atoms with E-state index >= 15 is 0 Å². The third-order valence-corrected chi connectivity index (χ3v) is 13.3. The fraction of sp³-hybridized carbons (Fsp3) is 0.792. The lowest BCUT2D eigenvalue weighted by atomic mass is 9.85. The summed E-state index contributed by atoms with van der Waals surface area (Å²) in [4.78, 5) is 23.5. The van der Waals surface area contributed by atoms with Crippen LogP contribution in [0.5, 0.6) is 0 Å². The first-order chi connectivity index (χ1) is 32.3. The van der Waals surface area contributed by atoms with Gasteiger partial charge in [-0.3, -0.25) is 13.8 Å². The van der Waals surface area contributed by atoms with Crippen LogP contribution in [0.15, 0.2) is 60.8 Å². The van der Waals surface area contributed by atoms with Gasteiger partial charge < -0.3 is 46.0 Å². The number of allylic oxidation sites excluding steroid dienone is 9. The number of nitrogens with one attached hydrogen (secondary N) is 1. The Kier molecular flexibility index (Phi) is 39.3. The molecule has 1 aliphatic rings. The van der Waals surface area contributed by atoms with E-state index in [9.17, 15) is 50.0 Å². The molecular formula is C53H96NO12P. The van der Waals surface area contributed by atoms with Gasteiger partial charge in [0.2, 0.25) is 5.91 Å². The second-order valence-corrected chi connectivity index (χ2v) is 19.9. The van der Waals surface area contributed by atoms with Crippen LogP contribution in [-0.4, -0.2) is 108 Å². The predicted molar refractivity (Wildman–Crippen MR) is 270 cm³/mol. The Morgan fingerprint density at radius 1 is 0.552 bits per heavy atom. The van der Waals surface area contributed by atoms with Gasteiger partial charge in [0.25, 0.3) is 0 Å². The van der Waals surface area contributed by atoms with E-state index in [0.717, 1.165) is 57.8 Å². The van der Waals surface area contributed by atoms with Gasteiger partial charge in [-0.15, -0.1) is 0 Å². The van der Waals surface area contributed by atoms with Crippen LogP contribution >= 0.6 is 7.82 Å². The molecule has 390 valence electrons. The zero-order chi connectivity index (χ0) is 49.4. The van der Waals surface area contributed by atoms with Crippen molar-refractivity contribution in [1.82, 2.24) is 5.32 Å². The van der Waals surface area contributed by atoms with Crippen molar-refractivity contribution < 1.29 is 59.0 Å². The van der Waals surface area contributed by atoms with Gasteiger partial charge >= 0.3 is 7.82 Å². The summed E-state index contributed by atoms with van der Waals surface area (Å²) in [6.07, 6.45) is 38.7. The van der Waals surface area contributed by atoms with Gasteiger partial charge in [-0.25, -0.2) is 4.57 Å². The van der Waals surface area contributed by atoms with Crippen molar-refractivity contribution >= 4 is 13.7 Å². The molecule has 0 aromatic carbocycles. The highest BCUT2D eigenvalue weighted by atomic mass is 31.2. The summed E-state index contributed by atoms with van der Waals surface area (Å²) in [5.41, 5.74) is 0. The number of hydrogen-bond acceptors (Lipinski definition) is 11. The molecule has 0 aromatic rings. The van der Waals surface area contributed by atoms with E-state index in [-0.39, 0.29) is 6.42 Å². The minimum atomic E-state index is -5.16. The number of unbranched alkanes of at least 4 members (excludes halogenated alkanes) is 22. The number of aliphatic hydroxyl groups excluding tert-OH is 7. The maximum absolute atomic E-state index is 13.1. The number of carbonyl (C=O) groups excluding carboxylic acids is 1. The molecule has 8 unspecified atom stereocenters. The van der Waals surface area contributed by atoms with Gasteiger partial charge in [0.15, 0.2) is 0 Å². The summed E-state index contributed by atoms with van der Waals surface area (Å²) in [5, 5.41) is 74.7. The summed E-state index contributed by atoms with van der Waals surface area (Å²) in [6.45, 7) is 3.64. The number of phosphoric acid groups is 1. The van der Waals surface area contributed by atoms with Crippen molar-refractivity contribution in [3.63, 3.8) is 0 Å². The van der Waals surface area contributed by atoms with Crippen LogP contribution in [0.25, 0.3) is 0 Å². The van der Waals surface area contributed by atoms with E-state index < -0.39 is 75.2 Å². The summed E-state index contributed by atoms with van der Waals surface area (Å²) < 4.78 is 22.9. The molecule has 1 saturated carbocycles. The highest BCUT2D eigenvalue weighted by Gasteiger charge is 2.51. The summed E-state index contributed by atoms with van der Waals surface area (Å²) >= 11 is 0. The number of amides is 1. The number of aliphatic hydroxyl groups is 7. The molecule has 14 heteroatoms. The first-order valence-electron chi connectivity index (χ1n) is 26.3. The average Bonchev–Trinajstić information content (AvgIpc) is 3.30. The number of carbonyl (C=O) groups is 1. The van der Waals surface area contributed by atoms with E-state index in [1.807, 2.05) is 0 Å². The molecule has 0 radical (unpaired) electrons. The van der Waals surface area contributed by atoms with Gasteiger partial charge in [0.05, 0.1) is 31.3 Å². The van der Waals surface area contributed by atoms with Crippen molar-refractivity contribution in [3.8, 4) is 0 Å². The molecule has 0 spiro atoms. The molecule has 67 heavy (non-hydrogen) atoms. The molecule has 0 aromatic heterocycles. The van der Waals surface area contributed by atoms with E-state index in [0.29, 0.717) is 19.3 Å². The Labute approximate surface area is 405 Å². The van der Waals surface area contributed by atoms with E-state index in [1.54, 1.807) is 6.08 Å². The van der Waals surface area contributed by atoms with Crippen molar-refractivity contribution in [2.75, 3.05) is 6.61 Å². The smallest absolute Gasteiger partial charge is 0.393 e. The Morgan fingerprint density at radius 3 is 1.48 bits per heavy atom. The molecule has 13 nitrogen and oxygen atoms in total. The molecule has 1 aliphatic carbocycles. The number of hydrogen-bond donors (Lipinski definition) is 9. The lowest BCUT2D eigenvalue weighted by molar-refractivity contribution is -0.220. The maximum Gasteiger partial charge on any atom is 0.472 e. The quantitative estimate of drug-likeness (QED) is 0.0158. The normalized spacial score (nSPS) is 22.7. The summed E-state index contributed by atoms with van der Waals surface area (Å²) in [7, 11) is -5.16. The van der Waals surface area contributed by atoms with E-state index in [1.165, 1.54) is 115 Å². The van der Waals surface area contributed by atoms with Crippen LogP contribution < -0.4 is 5.32 Å². The largest absolute Gasteiger partial charge is 0.472 e. The molecule has 0 saturated heterocycles. The molecule has 9 N–H and O–H groups in total. The lowest BCUT2D eigenvalue weighted by Crippen LogP contribution is -2.64. The minimum absolute atomic E-state index is 0.259. The van der Waals surface area contributed by atoms with Crippen molar-refractivity contribution in [2.45, 2.75) is 261 Å². The van der Waals surface area contributed by atoms with Gasteiger partial charge in [-0.2, -0.15) is 0 Å². The van der Waals surface area contributed by atoms with Crippen LogP contribution in [0.3, 0.4) is 0 Å². The molecule has 0 heterocycles. The highest BCUT2D eigenvalue weighted by molar-refractivity contribution is 7.47. The summed E-state index contributed by atoms with van der Waals surface area (Å²) in [6, 6.07) is -1.27. The van der Waals surface area contributed by atoms with Gasteiger partial charge in [-0.1, -0.05) is 190 Å². The van der Waals surface area contributed by atoms with E-state index in [2.05, 4.69) is 67.8 Å². The van der Waals surface area contributed by atoms with Crippen LogP contribution in [-0.2, 0) is 18.4 Å². The SMILES string of the molecule is CC/C=C\C/C=C\CCCCCCCCCCCCCCC(O)CC(=O)NC(COP(=O)(O)OC1C(O)C(O)C(O)C(O)C1O)C(O)/C=C/CC/C=C/CC/C=C/CCCCCCCCCC. The number of rotatable bonds is 43. The minimum Gasteiger partial charge on any atom is -0.393 e. The molecule has 0 bridgehead atoms. The molecule has 1 rings (SSSR count). The molecule has 1 fully saturated rings. The first kappa shape index (κ1) is 63.0. The van der Waals surface area contributed by atoms with Crippen LogP contribution in [0, 0.1) is 0 Å². The monoisotopic (exact) mass is 970 g/mol.